The lowest BCUT2D eigenvalue weighted by Gasteiger charge is -2.36. The predicted octanol–water partition coefficient (Wildman–Crippen LogP) is 5.49. The number of carbonyl (C=O) groups excluding carboxylic acids is 3. The van der Waals surface area contributed by atoms with Crippen molar-refractivity contribution < 1.29 is 14.4 Å². The Kier molecular flexibility index (Phi) is 5.79. The van der Waals surface area contributed by atoms with Crippen LogP contribution in [0.4, 0.5) is 10.5 Å². The van der Waals surface area contributed by atoms with Crippen molar-refractivity contribution in [3.63, 3.8) is 0 Å². The Hall–Kier alpha value is -4.39. The van der Waals surface area contributed by atoms with E-state index in [9.17, 15) is 14.4 Å². The predicted molar refractivity (Wildman–Crippen MR) is 147 cm³/mol. The molecular formula is C31H30N4O3. The fourth-order valence-electron chi connectivity index (χ4n) is 5.70. The lowest BCUT2D eigenvalue weighted by Crippen LogP contribution is -2.44. The second kappa shape index (κ2) is 9.17. The molecule has 4 aromatic rings. The summed E-state index contributed by atoms with van der Waals surface area (Å²) in [5.74, 6) is -0.423. The van der Waals surface area contributed by atoms with Gasteiger partial charge in [-0.1, -0.05) is 49.4 Å². The molecule has 4 amide bonds. The van der Waals surface area contributed by atoms with Crippen molar-refractivity contribution in [2.24, 2.45) is 0 Å². The number of aryl methyl sites for hydroxylation is 1. The smallest absolute Gasteiger partial charge is 0.332 e. The van der Waals surface area contributed by atoms with Crippen molar-refractivity contribution >= 4 is 34.4 Å². The van der Waals surface area contributed by atoms with Gasteiger partial charge in [-0.25, -0.2) is 9.69 Å². The first kappa shape index (κ1) is 24.0. The van der Waals surface area contributed by atoms with Crippen LogP contribution in [0, 0.1) is 6.92 Å². The van der Waals surface area contributed by atoms with Crippen molar-refractivity contribution in [3.05, 3.63) is 101 Å². The average Bonchev–Trinajstić information content (AvgIpc) is 3.42. The number of nitrogens with zero attached hydrogens (tertiary/aromatic N) is 2. The van der Waals surface area contributed by atoms with Crippen molar-refractivity contribution in [2.75, 3.05) is 4.90 Å². The molecule has 3 unspecified atom stereocenters. The van der Waals surface area contributed by atoms with Gasteiger partial charge in [-0.05, 0) is 67.3 Å². The number of hydrogen-bond donors (Lipinski definition) is 2. The van der Waals surface area contributed by atoms with E-state index in [1.54, 1.807) is 29.2 Å². The van der Waals surface area contributed by atoms with Crippen LogP contribution < -0.4 is 10.2 Å². The van der Waals surface area contributed by atoms with Gasteiger partial charge >= 0.3 is 6.03 Å². The second-order valence-corrected chi connectivity index (χ2v) is 10.2. The number of anilines is 1. The Morgan fingerprint density at radius 2 is 1.74 bits per heavy atom. The Morgan fingerprint density at radius 1 is 1.03 bits per heavy atom. The first-order chi connectivity index (χ1) is 18.4. The zero-order valence-corrected chi connectivity index (χ0v) is 21.7. The van der Waals surface area contributed by atoms with Crippen LogP contribution in [0.5, 0.6) is 0 Å². The van der Waals surface area contributed by atoms with Gasteiger partial charge in [0, 0.05) is 34.6 Å². The number of aromatic amines is 1. The summed E-state index contributed by atoms with van der Waals surface area (Å²) in [6.07, 6.45) is 1.27. The number of amides is 4. The standard InChI is InChI=1S/C31H30N4O3/c1-4-19(3)32-29(36)20-13-15-21(16-14-20)34-30(37)26-17-24-23-11-7-8-12-25(23)33-27(24)28(35(26)31(34)38)22-10-6-5-9-18(22)2/h5-16,19,26,28,33H,4,17H2,1-3H3,(H,32,36). The zero-order valence-electron chi connectivity index (χ0n) is 21.7. The molecule has 2 aliphatic rings. The molecule has 0 spiro atoms. The Balaban J connectivity index is 1.41. The zero-order chi connectivity index (χ0) is 26.6. The van der Waals surface area contributed by atoms with Crippen LogP contribution in [0.1, 0.15) is 59.1 Å². The monoisotopic (exact) mass is 506 g/mol. The number of benzene rings is 3. The summed E-state index contributed by atoms with van der Waals surface area (Å²) in [6, 6.07) is 21.5. The number of hydrogen-bond acceptors (Lipinski definition) is 3. The van der Waals surface area contributed by atoms with Crippen LogP contribution in [0.2, 0.25) is 0 Å². The lowest BCUT2D eigenvalue weighted by molar-refractivity contribution is -0.120. The molecule has 38 heavy (non-hydrogen) atoms. The average molecular weight is 507 g/mol. The summed E-state index contributed by atoms with van der Waals surface area (Å²) in [7, 11) is 0. The van der Waals surface area contributed by atoms with Gasteiger partial charge in [0.1, 0.15) is 12.1 Å². The Labute approximate surface area is 221 Å². The Bertz CT molecular complexity index is 1570. The quantitative estimate of drug-likeness (QED) is 0.351. The minimum absolute atomic E-state index is 0.0615. The van der Waals surface area contributed by atoms with Crippen LogP contribution in [-0.2, 0) is 11.2 Å². The van der Waals surface area contributed by atoms with Crippen LogP contribution in [0.3, 0.4) is 0 Å². The first-order valence-corrected chi connectivity index (χ1v) is 13.1. The SMILES string of the molecule is CCC(C)NC(=O)c1ccc(N2C(=O)C3Cc4c([nH]c5ccccc45)C(c4ccccc4C)N3C2=O)cc1. The number of nitrogens with one attached hydrogen (secondary N) is 2. The molecule has 0 aliphatic carbocycles. The summed E-state index contributed by atoms with van der Waals surface area (Å²) < 4.78 is 0. The third-order valence-corrected chi connectivity index (χ3v) is 7.91. The van der Waals surface area contributed by atoms with Gasteiger partial charge in [-0.2, -0.15) is 0 Å². The third-order valence-electron chi connectivity index (χ3n) is 7.91. The molecular weight excluding hydrogens is 476 g/mol. The molecule has 7 heteroatoms. The van der Waals surface area contributed by atoms with E-state index in [2.05, 4.69) is 16.4 Å². The number of para-hydroxylation sites is 1. The van der Waals surface area contributed by atoms with Crippen molar-refractivity contribution in [1.29, 1.82) is 0 Å². The van der Waals surface area contributed by atoms with E-state index < -0.39 is 12.1 Å². The molecule has 3 heterocycles. The van der Waals surface area contributed by atoms with E-state index in [1.807, 2.05) is 63.2 Å². The highest BCUT2D eigenvalue weighted by Crippen LogP contribution is 2.45. The molecule has 7 nitrogen and oxygen atoms in total. The first-order valence-electron chi connectivity index (χ1n) is 13.1. The summed E-state index contributed by atoms with van der Waals surface area (Å²) >= 11 is 0. The minimum Gasteiger partial charge on any atom is -0.356 e. The molecule has 3 atom stereocenters. The van der Waals surface area contributed by atoms with Gasteiger partial charge in [0.15, 0.2) is 0 Å². The van der Waals surface area contributed by atoms with E-state index in [0.717, 1.165) is 39.7 Å². The highest BCUT2D eigenvalue weighted by Gasteiger charge is 2.53. The summed E-state index contributed by atoms with van der Waals surface area (Å²) in [4.78, 5) is 47.0. The second-order valence-electron chi connectivity index (χ2n) is 10.2. The van der Waals surface area contributed by atoms with Crippen LogP contribution in [0.25, 0.3) is 10.9 Å². The molecule has 1 fully saturated rings. The molecule has 2 aliphatic heterocycles. The van der Waals surface area contributed by atoms with Gasteiger partial charge in [-0.3, -0.25) is 14.5 Å². The van der Waals surface area contributed by atoms with Crippen LogP contribution in [0.15, 0.2) is 72.8 Å². The number of aromatic nitrogens is 1. The van der Waals surface area contributed by atoms with Gasteiger partial charge in [0.2, 0.25) is 0 Å². The lowest BCUT2D eigenvalue weighted by atomic mass is 9.87. The molecule has 0 bridgehead atoms. The number of carbonyl (C=O) groups is 3. The Morgan fingerprint density at radius 3 is 2.47 bits per heavy atom. The van der Waals surface area contributed by atoms with Gasteiger partial charge in [0.05, 0.1) is 5.69 Å². The van der Waals surface area contributed by atoms with Crippen LogP contribution >= 0.6 is 0 Å². The minimum atomic E-state index is -0.618. The number of urea groups is 1. The maximum Gasteiger partial charge on any atom is 0.332 e. The molecule has 1 aromatic heterocycles. The maximum atomic E-state index is 14.0. The molecule has 6 rings (SSSR count). The van der Waals surface area contributed by atoms with E-state index in [-0.39, 0.29) is 23.9 Å². The summed E-state index contributed by atoms with van der Waals surface area (Å²) in [5, 5.41) is 4.03. The van der Waals surface area contributed by atoms with Crippen LogP contribution in [-0.4, -0.2) is 39.8 Å². The molecule has 192 valence electrons. The third kappa shape index (κ3) is 3.69. The topological polar surface area (TPSA) is 85.5 Å². The van der Waals surface area contributed by atoms with Crippen molar-refractivity contribution in [1.82, 2.24) is 15.2 Å². The van der Waals surface area contributed by atoms with E-state index in [4.69, 9.17) is 0 Å². The highest BCUT2D eigenvalue weighted by molar-refractivity contribution is 6.22. The van der Waals surface area contributed by atoms with Crippen molar-refractivity contribution in [2.45, 2.75) is 51.7 Å². The number of H-pyrrole nitrogens is 1. The van der Waals surface area contributed by atoms with Crippen molar-refractivity contribution in [3.8, 4) is 0 Å². The molecule has 2 N–H and O–H groups in total. The highest BCUT2D eigenvalue weighted by atomic mass is 16.2. The number of rotatable bonds is 5. The van der Waals surface area contributed by atoms with E-state index >= 15 is 0 Å². The maximum absolute atomic E-state index is 14.0. The summed E-state index contributed by atoms with van der Waals surface area (Å²) in [6.45, 7) is 5.99. The molecule has 0 saturated carbocycles. The normalized spacial score (nSPS) is 19.4. The van der Waals surface area contributed by atoms with E-state index in [0.29, 0.717) is 17.7 Å². The largest absolute Gasteiger partial charge is 0.356 e. The van der Waals surface area contributed by atoms with E-state index in [1.165, 1.54) is 4.90 Å². The number of imide groups is 1. The molecule has 1 saturated heterocycles. The number of fused-ring (bicyclic) bond motifs is 4. The van der Waals surface area contributed by atoms with Gasteiger partial charge < -0.3 is 10.3 Å². The van der Waals surface area contributed by atoms with Gasteiger partial charge in [0.25, 0.3) is 11.8 Å². The molecule has 0 radical (unpaired) electrons. The molecule has 3 aromatic carbocycles. The summed E-state index contributed by atoms with van der Waals surface area (Å²) in [5.41, 5.74) is 6.03. The fourth-order valence-corrected chi connectivity index (χ4v) is 5.70. The fraction of sp³-hybridized carbons (Fsp3) is 0.258. The van der Waals surface area contributed by atoms with Gasteiger partial charge in [-0.15, -0.1) is 0 Å².